The number of amides is 1. The van der Waals surface area contributed by atoms with Crippen LogP contribution in [0.5, 0.6) is 0 Å². The first-order valence-electron chi connectivity index (χ1n) is 4.33. The number of hydrogen-bond donors (Lipinski definition) is 3. The third-order valence-corrected chi connectivity index (χ3v) is 2.67. The van der Waals surface area contributed by atoms with Crippen LogP contribution in [0.1, 0.15) is 0 Å². The van der Waals surface area contributed by atoms with Crippen LogP contribution in [0.3, 0.4) is 0 Å². The van der Waals surface area contributed by atoms with E-state index in [1.54, 1.807) is 24.3 Å². The summed E-state index contributed by atoms with van der Waals surface area (Å²) in [6, 6.07) is 6.82. The highest BCUT2D eigenvalue weighted by Crippen LogP contribution is 2.13. The van der Waals surface area contributed by atoms with Gasteiger partial charge in [0.2, 0.25) is 5.91 Å². The monoisotopic (exact) mass is 258 g/mol. The molecule has 16 heavy (non-hydrogen) atoms. The molecule has 1 rings (SSSR count). The van der Waals surface area contributed by atoms with E-state index >= 15 is 0 Å². The number of carbonyl (C=O) groups is 1. The van der Waals surface area contributed by atoms with Crippen LogP contribution >= 0.6 is 23.4 Å². The zero-order chi connectivity index (χ0) is 12.0. The van der Waals surface area contributed by atoms with Gasteiger partial charge in [-0.05, 0) is 24.3 Å². The molecule has 0 heterocycles. The van der Waals surface area contributed by atoms with Crippen LogP contribution in [0.15, 0.2) is 29.4 Å². The zero-order valence-corrected chi connectivity index (χ0v) is 9.89. The summed E-state index contributed by atoms with van der Waals surface area (Å²) in [6.45, 7) is 0. The van der Waals surface area contributed by atoms with E-state index in [-0.39, 0.29) is 16.8 Å². The highest BCUT2D eigenvalue weighted by atomic mass is 35.5. The van der Waals surface area contributed by atoms with Gasteiger partial charge in [-0.1, -0.05) is 23.4 Å². The van der Waals surface area contributed by atoms with Crippen molar-refractivity contribution in [2.24, 2.45) is 16.7 Å². The topological polar surface area (TPSA) is 93.5 Å². The Morgan fingerprint density at radius 1 is 1.44 bits per heavy atom. The second kappa shape index (κ2) is 6.24. The number of benzene rings is 1. The van der Waals surface area contributed by atoms with E-state index in [1.165, 1.54) is 0 Å². The number of nitrogens with two attached hydrogens (primary N) is 2. The van der Waals surface area contributed by atoms with E-state index in [1.807, 2.05) is 0 Å². The lowest BCUT2D eigenvalue weighted by atomic mass is 10.3. The molecule has 0 unspecified atom stereocenters. The van der Waals surface area contributed by atoms with Gasteiger partial charge in [0.15, 0.2) is 5.17 Å². The number of hydrazone groups is 1. The third kappa shape index (κ3) is 4.41. The van der Waals surface area contributed by atoms with Gasteiger partial charge in [-0.3, -0.25) is 4.79 Å². The summed E-state index contributed by atoms with van der Waals surface area (Å²) >= 11 is 6.78. The predicted octanol–water partition coefficient (Wildman–Crippen LogP) is 1.20. The Balaban J connectivity index is 2.43. The average molecular weight is 259 g/mol. The SMILES string of the molecule is NN=C(N)SCC(=O)Nc1ccc(Cl)cc1. The Morgan fingerprint density at radius 3 is 2.62 bits per heavy atom. The van der Waals surface area contributed by atoms with Gasteiger partial charge < -0.3 is 16.9 Å². The fraction of sp³-hybridized carbons (Fsp3) is 0.111. The zero-order valence-electron chi connectivity index (χ0n) is 8.31. The molecule has 1 aromatic rings. The molecule has 0 saturated carbocycles. The fourth-order valence-corrected chi connectivity index (χ4v) is 1.46. The molecule has 5 nitrogen and oxygen atoms in total. The van der Waals surface area contributed by atoms with Crippen LogP contribution in [0.25, 0.3) is 0 Å². The van der Waals surface area contributed by atoms with E-state index < -0.39 is 0 Å². The predicted molar refractivity (Wildman–Crippen MR) is 68.3 cm³/mol. The maximum atomic E-state index is 11.4. The van der Waals surface area contributed by atoms with Crippen molar-refractivity contribution in [1.29, 1.82) is 0 Å². The van der Waals surface area contributed by atoms with Crippen molar-refractivity contribution in [3.63, 3.8) is 0 Å². The average Bonchev–Trinajstić information content (AvgIpc) is 2.29. The molecule has 1 aromatic carbocycles. The van der Waals surface area contributed by atoms with Crippen molar-refractivity contribution >= 4 is 40.1 Å². The third-order valence-electron chi connectivity index (χ3n) is 1.61. The molecule has 0 spiro atoms. The number of rotatable bonds is 3. The van der Waals surface area contributed by atoms with Gasteiger partial charge in [-0.2, -0.15) is 5.10 Å². The number of halogens is 1. The molecule has 0 atom stereocenters. The number of nitrogens with zero attached hydrogens (tertiary/aromatic N) is 1. The van der Waals surface area contributed by atoms with E-state index in [2.05, 4.69) is 10.4 Å². The molecule has 0 radical (unpaired) electrons. The van der Waals surface area contributed by atoms with Crippen LogP contribution in [-0.2, 0) is 4.79 Å². The Kier molecular flexibility index (Phi) is 4.94. The van der Waals surface area contributed by atoms with Crippen molar-refractivity contribution in [2.45, 2.75) is 0 Å². The number of thioether (sulfide) groups is 1. The molecular formula is C9H11ClN4OS. The van der Waals surface area contributed by atoms with E-state index in [0.717, 1.165) is 11.8 Å². The highest BCUT2D eigenvalue weighted by molar-refractivity contribution is 8.14. The Morgan fingerprint density at radius 2 is 2.06 bits per heavy atom. The van der Waals surface area contributed by atoms with Gasteiger partial charge in [0.25, 0.3) is 0 Å². The first-order chi connectivity index (χ1) is 7.61. The lowest BCUT2D eigenvalue weighted by Crippen LogP contribution is -2.18. The minimum absolute atomic E-state index is 0.162. The smallest absolute Gasteiger partial charge is 0.234 e. The first kappa shape index (κ1) is 12.7. The Bertz CT molecular complexity index is 393. The molecule has 86 valence electrons. The summed E-state index contributed by atoms with van der Waals surface area (Å²) in [5.41, 5.74) is 6.00. The molecule has 0 saturated heterocycles. The van der Waals surface area contributed by atoms with Crippen molar-refractivity contribution in [3.05, 3.63) is 29.3 Å². The molecule has 0 aliphatic heterocycles. The van der Waals surface area contributed by atoms with Gasteiger partial charge in [0.1, 0.15) is 0 Å². The fourth-order valence-electron chi connectivity index (χ4n) is 0.907. The maximum absolute atomic E-state index is 11.4. The van der Waals surface area contributed by atoms with Crippen molar-refractivity contribution in [1.82, 2.24) is 0 Å². The summed E-state index contributed by atoms with van der Waals surface area (Å²) in [4.78, 5) is 11.4. The number of hydrogen-bond acceptors (Lipinski definition) is 4. The van der Waals surface area contributed by atoms with Gasteiger partial charge in [0.05, 0.1) is 5.75 Å². The maximum Gasteiger partial charge on any atom is 0.234 e. The van der Waals surface area contributed by atoms with Crippen LogP contribution in [0, 0.1) is 0 Å². The molecular weight excluding hydrogens is 248 g/mol. The molecule has 0 bridgehead atoms. The van der Waals surface area contributed by atoms with Crippen molar-refractivity contribution < 1.29 is 4.79 Å². The summed E-state index contributed by atoms with van der Waals surface area (Å²) in [5, 5.41) is 6.71. The van der Waals surface area contributed by atoms with Crippen molar-refractivity contribution in [2.75, 3.05) is 11.1 Å². The molecule has 0 aliphatic rings. The van der Waals surface area contributed by atoms with Gasteiger partial charge in [-0.25, -0.2) is 0 Å². The minimum Gasteiger partial charge on any atom is -0.377 e. The van der Waals surface area contributed by atoms with Crippen LogP contribution in [0.2, 0.25) is 5.02 Å². The molecule has 0 aliphatic carbocycles. The number of anilines is 1. The van der Waals surface area contributed by atoms with Crippen molar-refractivity contribution in [3.8, 4) is 0 Å². The van der Waals surface area contributed by atoms with Gasteiger partial charge >= 0.3 is 0 Å². The Hall–Kier alpha value is -1.40. The summed E-state index contributed by atoms with van der Waals surface area (Å²) in [7, 11) is 0. The summed E-state index contributed by atoms with van der Waals surface area (Å²) < 4.78 is 0. The molecule has 1 amide bonds. The standard InChI is InChI=1S/C9H11ClN4OS/c10-6-1-3-7(4-2-6)13-8(15)5-16-9(11)14-12/h1-4H,5,12H2,(H2,11,14)(H,13,15). The van der Waals surface area contributed by atoms with E-state index in [9.17, 15) is 4.79 Å². The van der Waals surface area contributed by atoms with Crippen LogP contribution in [-0.4, -0.2) is 16.8 Å². The highest BCUT2D eigenvalue weighted by Gasteiger charge is 2.04. The van der Waals surface area contributed by atoms with Gasteiger partial charge in [0, 0.05) is 10.7 Å². The second-order valence-corrected chi connectivity index (χ2v) is 4.24. The summed E-state index contributed by atoms with van der Waals surface area (Å²) in [6.07, 6.45) is 0. The normalized spacial score (nSPS) is 11.2. The molecule has 0 fully saturated rings. The lowest BCUT2D eigenvalue weighted by molar-refractivity contribution is -0.113. The van der Waals surface area contributed by atoms with Crippen LogP contribution in [0.4, 0.5) is 5.69 Å². The molecule has 7 heteroatoms. The quantitative estimate of drug-likeness (QED) is 0.329. The molecule has 5 N–H and O–H groups in total. The molecule has 0 aromatic heterocycles. The minimum atomic E-state index is -0.182. The largest absolute Gasteiger partial charge is 0.377 e. The second-order valence-electron chi connectivity index (χ2n) is 2.81. The van der Waals surface area contributed by atoms with Crippen LogP contribution < -0.4 is 16.9 Å². The lowest BCUT2D eigenvalue weighted by Gasteiger charge is -2.04. The van der Waals surface area contributed by atoms with E-state index in [0.29, 0.717) is 10.7 Å². The van der Waals surface area contributed by atoms with Gasteiger partial charge in [-0.15, -0.1) is 0 Å². The number of nitrogens with one attached hydrogen (secondary N) is 1. The Labute approximate surface area is 102 Å². The number of amidine groups is 1. The van der Waals surface area contributed by atoms with E-state index in [4.69, 9.17) is 23.2 Å². The summed E-state index contributed by atoms with van der Waals surface area (Å²) in [5.74, 6) is 4.90. The first-order valence-corrected chi connectivity index (χ1v) is 5.69. The number of carbonyl (C=O) groups excluding carboxylic acids is 1.